The molecule has 0 amide bonds. The van der Waals surface area contributed by atoms with Crippen LogP contribution in [0.1, 0.15) is 45.1 Å². The van der Waals surface area contributed by atoms with E-state index in [-0.39, 0.29) is 24.8 Å². The van der Waals surface area contributed by atoms with Crippen molar-refractivity contribution in [1.29, 1.82) is 0 Å². The molecule has 0 spiro atoms. The summed E-state index contributed by atoms with van der Waals surface area (Å²) in [6, 6.07) is 10.1. The third-order valence-corrected chi connectivity index (χ3v) is 6.45. The first-order chi connectivity index (χ1) is 9.93. The van der Waals surface area contributed by atoms with Crippen molar-refractivity contribution in [2.75, 3.05) is 0 Å². The van der Waals surface area contributed by atoms with Crippen molar-refractivity contribution in [3.05, 3.63) is 35.9 Å². The second kappa shape index (κ2) is 4.34. The van der Waals surface area contributed by atoms with E-state index in [1.165, 1.54) is 6.42 Å². The Bertz CT molecular complexity index is 549. The van der Waals surface area contributed by atoms with Gasteiger partial charge in [0.2, 0.25) is 0 Å². The van der Waals surface area contributed by atoms with E-state index in [2.05, 4.69) is 20.8 Å². The van der Waals surface area contributed by atoms with E-state index in [1.807, 2.05) is 30.3 Å². The van der Waals surface area contributed by atoms with Crippen LogP contribution in [0.2, 0.25) is 0 Å². The first-order valence-corrected chi connectivity index (χ1v) is 8.06. The lowest BCUT2D eigenvalue weighted by atomic mass is 9.43. The predicted molar refractivity (Wildman–Crippen MR) is 83.5 cm³/mol. The van der Waals surface area contributed by atoms with Gasteiger partial charge in [0.1, 0.15) is 0 Å². The standard InChI is InChI=1S/C17H24BNO2/c1-16(2)12-9-13(16)17(3)14(10-12)20-18(21-17)15(19)11-7-5-4-6-8-11/h4-8,12-15H,9-10,19H2,1-3H3/t12-,13-,14-,15+,17+/m0/s1. The summed E-state index contributed by atoms with van der Waals surface area (Å²) in [7, 11) is -0.322. The quantitative estimate of drug-likeness (QED) is 0.850. The number of nitrogens with two attached hydrogens (primary N) is 1. The molecule has 0 unspecified atom stereocenters. The van der Waals surface area contributed by atoms with Crippen molar-refractivity contribution in [2.24, 2.45) is 23.0 Å². The van der Waals surface area contributed by atoms with Crippen molar-refractivity contribution in [2.45, 2.75) is 51.3 Å². The van der Waals surface area contributed by atoms with E-state index in [9.17, 15) is 0 Å². The van der Waals surface area contributed by atoms with E-state index < -0.39 is 0 Å². The van der Waals surface area contributed by atoms with Gasteiger partial charge in [-0.2, -0.15) is 0 Å². The summed E-state index contributed by atoms with van der Waals surface area (Å²) in [6.07, 6.45) is 2.59. The Morgan fingerprint density at radius 2 is 1.90 bits per heavy atom. The molecule has 1 aromatic carbocycles. The van der Waals surface area contributed by atoms with Gasteiger partial charge >= 0.3 is 7.12 Å². The maximum Gasteiger partial charge on any atom is 0.480 e. The molecule has 21 heavy (non-hydrogen) atoms. The van der Waals surface area contributed by atoms with Crippen LogP contribution in [0.25, 0.3) is 0 Å². The predicted octanol–water partition coefficient (Wildman–Crippen LogP) is 2.95. The minimum absolute atomic E-state index is 0.171. The maximum atomic E-state index is 6.41. The molecule has 0 radical (unpaired) electrons. The van der Waals surface area contributed by atoms with Crippen LogP contribution in [0, 0.1) is 17.3 Å². The van der Waals surface area contributed by atoms with Crippen molar-refractivity contribution in [3.63, 3.8) is 0 Å². The van der Waals surface area contributed by atoms with E-state index in [4.69, 9.17) is 15.0 Å². The Hall–Kier alpha value is -0.835. The molecule has 1 aromatic rings. The Morgan fingerprint density at radius 1 is 1.19 bits per heavy atom. The number of benzene rings is 1. The van der Waals surface area contributed by atoms with Crippen molar-refractivity contribution in [1.82, 2.24) is 0 Å². The summed E-state index contributed by atoms with van der Waals surface area (Å²) in [5.74, 6) is 1.14. The molecule has 1 aliphatic heterocycles. The van der Waals surface area contributed by atoms with Gasteiger partial charge in [-0.1, -0.05) is 44.2 Å². The zero-order valence-electron chi connectivity index (χ0n) is 13.1. The lowest BCUT2D eigenvalue weighted by molar-refractivity contribution is -0.199. The van der Waals surface area contributed by atoms with Gasteiger partial charge in [0.05, 0.1) is 17.6 Å². The molecule has 2 bridgehead atoms. The van der Waals surface area contributed by atoms with E-state index >= 15 is 0 Å². The average molecular weight is 285 g/mol. The smallest absolute Gasteiger partial charge is 0.404 e. The second-order valence-corrected chi connectivity index (χ2v) is 7.77. The van der Waals surface area contributed by atoms with E-state index in [1.54, 1.807) is 0 Å². The second-order valence-electron chi connectivity index (χ2n) is 7.77. The van der Waals surface area contributed by atoms with Gasteiger partial charge in [0.25, 0.3) is 0 Å². The molecule has 112 valence electrons. The van der Waals surface area contributed by atoms with Crippen LogP contribution >= 0.6 is 0 Å². The van der Waals surface area contributed by atoms with Crippen LogP contribution < -0.4 is 5.73 Å². The van der Waals surface area contributed by atoms with Gasteiger partial charge in [-0.05, 0) is 42.6 Å². The molecule has 1 saturated heterocycles. The first kappa shape index (κ1) is 13.8. The van der Waals surface area contributed by atoms with Crippen LogP contribution in [-0.2, 0) is 9.31 Å². The highest BCUT2D eigenvalue weighted by atomic mass is 16.7. The van der Waals surface area contributed by atoms with Crippen LogP contribution in [0.3, 0.4) is 0 Å². The van der Waals surface area contributed by atoms with Gasteiger partial charge in [-0.15, -0.1) is 0 Å². The summed E-state index contributed by atoms with van der Waals surface area (Å²) in [5.41, 5.74) is 7.67. The summed E-state index contributed by atoms with van der Waals surface area (Å²) < 4.78 is 12.6. The fourth-order valence-corrected chi connectivity index (χ4v) is 4.88. The molecule has 4 fully saturated rings. The normalized spacial score (nSPS) is 41.3. The van der Waals surface area contributed by atoms with Crippen molar-refractivity contribution in [3.8, 4) is 0 Å². The third kappa shape index (κ3) is 1.79. The zero-order valence-corrected chi connectivity index (χ0v) is 13.1. The molecular formula is C17H24BNO2. The fourth-order valence-electron chi connectivity index (χ4n) is 4.88. The Balaban J connectivity index is 1.57. The molecule has 3 aliphatic carbocycles. The Morgan fingerprint density at radius 3 is 2.57 bits per heavy atom. The summed E-state index contributed by atoms with van der Waals surface area (Å²) in [6.45, 7) is 6.99. The number of hydrogen-bond donors (Lipinski definition) is 1. The molecule has 1 heterocycles. The summed E-state index contributed by atoms with van der Waals surface area (Å²) in [4.78, 5) is 0. The van der Waals surface area contributed by atoms with E-state index in [0.717, 1.165) is 17.9 Å². The molecule has 4 aliphatic rings. The molecule has 3 saturated carbocycles. The van der Waals surface area contributed by atoms with Gasteiger partial charge in [-0.3, -0.25) is 0 Å². The molecule has 5 atom stereocenters. The lowest BCUT2D eigenvalue weighted by Gasteiger charge is -2.64. The largest absolute Gasteiger partial charge is 0.480 e. The molecule has 5 rings (SSSR count). The molecule has 3 nitrogen and oxygen atoms in total. The van der Waals surface area contributed by atoms with Gasteiger partial charge in [0, 0.05) is 0 Å². The van der Waals surface area contributed by atoms with Crippen molar-refractivity contribution < 1.29 is 9.31 Å². The van der Waals surface area contributed by atoms with Crippen LogP contribution in [0.5, 0.6) is 0 Å². The highest BCUT2D eigenvalue weighted by molar-refractivity contribution is 6.47. The zero-order chi connectivity index (χ0) is 14.8. The van der Waals surface area contributed by atoms with Gasteiger partial charge < -0.3 is 15.0 Å². The highest BCUT2D eigenvalue weighted by Gasteiger charge is 2.68. The molecule has 0 aromatic heterocycles. The minimum Gasteiger partial charge on any atom is -0.404 e. The lowest BCUT2D eigenvalue weighted by Crippen LogP contribution is -2.65. The topological polar surface area (TPSA) is 44.5 Å². The Labute approximate surface area is 127 Å². The fraction of sp³-hybridized carbons (Fsp3) is 0.647. The monoisotopic (exact) mass is 285 g/mol. The summed E-state index contributed by atoms with van der Waals surface area (Å²) in [5, 5.41) is 0. The maximum absolute atomic E-state index is 6.41. The highest BCUT2D eigenvalue weighted by Crippen LogP contribution is 2.65. The van der Waals surface area contributed by atoms with Crippen LogP contribution in [0.15, 0.2) is 30.3 Å². The molecule has 2 N–H and O–H groups in total. The average Bonchev–Trinajstić information content (AvgIpc) is 2.84. The van der Waals surface area contributed by atoms with Gasteiger partial charge in [0.15, 0.2) is 0 Å². The van der Waals surface area contributed by atoms with Gasteiger partial charge in [-0.25, -0.2) is 0 Å². The van der Waals surface area contributed by atoms with Crippen LogP contribution in [0.4, 0.5) is 0 Å². The van der Waals surface area contributed by atoms with E-state index in [0.29, 0.717) is 11.3 Å². The summed E-state index contributed by atoms with van der Waals surface area (Å²) >= 11 is 0. The van der Waals surface area contributed by atoms with Crippen LogP contribution in [-0.4, -0.2) is 18.8 Å². The van der Waals surface area contributed by atoms with Crippen molar-refractivity contribution >= 4 is 7.12 Å². The molecule has 4 heteroatoms. The first-order valence-electron chi connectivity index (χ1n) is 8.06. The minimum atomic E-state index is -0.322. The third-order valence-electron chi connectivity index (χ3n) is 6.45. The number of rotatable bonds is 2. The SMILES string of the molecule is CC1(C)[C@@H]2C[C@@H]3OB([C@H](N)c4ccccc4)O[C@]3(C)[C@H]1C2. The number of hydrogen-bond acceptors (Lipinski definition) is 3. The Kier molecular flexibility index (Phi) is 2.85. The molecular weight excluding hydrogens is 261 g/mol.